The first kappa shape index (κ1) is 19.8. The fraction of sp³-hybridized carbons (Fsp3) is 0.350. The Balaban J connectivity index is 1.85. The van der Waals surface area contributed by atoms with Crippen LogP contribution in [0.15, 0.2) is 58.3 Å². The maximum Gasteiger partial charge on any atom is 0.407 e. The summed E-state index contributed by atoms with van der Waals surface area (Å²) in [5.41, 5.74) is 0.993. The van der Waals surface area contributed by atoms with E-state index in [4.69, 9.17) is 4.74 Å². The molecule has 0 fully saturated rings. The second kappa shape index (κ2) is 7.56. The van der Waals surface area contributed by atoms with Crippen LogP contribution >= 0.6 is 11.8 Å². The van der Waals surface area contributed by atoms with Gasteiger partial charge in [0.25, 0.3) is 0 Å². The molecule has 0 radical (unpaired) electrons. The lowest BCUT2D eigenvalue weighted by atomic mass is 10.1. The van der Waals surface area contributed by atoms with Crippen LogP contribution in [-0.4, -0.2) is 25.9 Å². The normalized spacial score (nSPS) is 18.0. The van der Waals surface area contributed by atoms with E-state index in [0.29, 0.717) is 4.90 Å². The van der Waals surface area contributed by atoms with Crippen LogP contribution in [0, 0.1) is 0 Å². The summed E-state index contributed by atoms with van der Waals surface area (Å²) in [6.45, 7) is 5.61. The monoisotopic (exact) mass is 405 g/mol. The first-order valence-electron chi connectivity index (χ1n) is 8.69. The highest BCUT2D eigenvalue weighted by Gasteiger charge is 2.37. The number of rotatable bonds is 4. The minimum absolute atomic E-state index is 0.0609. The average molecular weight is 406 g/mol. The molecule has 1 aliphatic heterocycles. The van der Waals surface area contributed by atoms with E-state index in [-0.39, 0.29) is 17.5 Å². The molecule has 0 aromatic heterocycles. The standard InChI is InChI=1S/C20H23NO4S2/c1-20(2,3)25-19(22)21-12-14-8-7-11-17-18(14)16(13-27(17,23)24)26-15-9-5-4-6-10-15/h4-11,16H,12-13H2,1-3H3,(H,21,22). The molecule has 1 heterocycles. The van der Waals surface area contributed by atoms with Gasteiger partial charge in [-0.25, -0.2) is 13.2 Å². The van der Waals surface area contributed by atoms with Gasteiger partial charge >= 0.3 is 6.09 Å². The molecular formula is C20H23NO4S2. The Labute approximate surface area is 164 Å². The van der Waals surface area contributed by atoms with Crippen molar-refractivity contribution in [2.75, 3.05) is 5.75 Å². The van der Waals surface area contributed by atoms with Gasteiger partial charge in [0.05, 0.1) is 15.9 Å². The van der Waals surface area contributed by atoms with Crippen molar-refractivity contribution in [3.63, 3.8) is 0 Å². The van der Waals surface area contributed by atoms with Crippen LogP contribution in [0.25, 0.3) is 0 Å². The van der Waals surface area contributed by atoms with Crippen molar-refractivity contribution in [2.24, 2.45) is 0 Å². The van der Waals surface area contributed by atoms with Gasteiger partial charge < -0.3 is 10.1 Å². The number of amides is 1. The van der Waals surface area contributed by atoms with Crippen LogP contribution in [0.3, 0.4) is 0 Å². The second-order valence-corrected chi connectivity index (χ2v) is 10.7. The second-order valence-electron chi connectivity index (χ2n) is 7.39. The maximum atomic E-state index is 12.6. The number of nitrogens with one attached hydrogen (secondary N) is 1. The molecule has 1 N–H and O–H groups in total. The van der Waals surface area contributed by atoms with Gasteiger partial charge in [0.1, 0.15) is 5.60 Å². The topological polar surface area (TPSA) is 72.5 Å². The number of alkyl carbamates (subject to hydrolysis) is 1. The quantitative estimate of drug-likeness (QED) is 0.820. The predicted octanol–water partition coefficient (Wildman–Crippen LogP) is 4.33. The van der Waals surface area contributed by atoms with Crippen molar-refractivity contribution in [1.29, 1.82) is 0 Å². The smallest absolute Gasteiger partial charge is 0.407 e. The lowest BCUT2D eigenvalue weighted by Crippen LogP contribution is -2.32. The Morgan fingerprint density at radius 1 is 1.15 bits per heavy atom. The predicted molar refractivity (Wildman–Crippen MR) is 107 cm³/mol. The lowest BCUT2D eigenvalue weighted by molar-refractivity contribution is 0.0523. The van der Waals surface area contributed by atoms with Crippen molar-refractivity contribution in [1.82, 2.24) is 5.32 Å². The molecule has 0 saturated carbocycles. The molecule has 3 rings (SSSR count). The van der Waals surface area contributed by atoms with E-state index in [1.165, 1.54) is 11.8 Å². The van der Waals surface area contributed by atoms with E-state index in [2.05, 4.69) is 5.32 Å². The highest BCUT2D eigenvalue weighted by molar-refractivity contribution is 8.01. The molecule has 0 saturated heterocycles. The number of benzene rings is 2. The minimum atomic E-state index is -3.33. The number of sulfone groups is 1. The van der Waals surface area contributed by atoms with Crippen molar-refractivity contribution < 1.29 is 17.9 Å². The van der Waals surface area contributed by atoms with Crippen molar-refractivity contribution in [3.05, 3.63) is 59.7 Å². The Hall–Kier alpha value is -1.99. The zero-order valence-corrected chi connectivity index (χ0v) is 17.2. The molecule has 1 amide bonds. The van der Waals surface area contributed by atoms with Crippen LogP contribution < -0.4 is 5.32 Å². The van der Waals surface area contributed by atoms with Gasteiger partial charge in [-0.3, -0.25) is 0 Å². The van der Waals surface area contributed by atoms with Crippen LogP contribution in [0.2, 0.25) is 0 Å². The first-order chi connectivity index (χ1) is 12.7. The van der Waals surface area contributed by atoms with Gasteiger partial charge in [-0.2, -0.15) is 0 Å². The van der Waals surface area contributed by atoms with Crippen molar-refractivity contribution >= 4 is 27.7 Å². The number of carbonyl (C=O) groups is 1. The molecule has 1 aliphatic rings. The number of ether oxygens (including phenoxy) is 1. The molecule has 2 aromatic carbocycles. The molecular weight excluding hydrogens is 382 g/mol. The molecule has 1 atom stereocenters. The summed E-state index contributed by atoms with van der Waals surface area (Å²) in [6, 6.07) is 15.0. The van der Waals surface area contributed by atoms with Gasteiger partial charge in [-0.05, 0) is 50.1 Å². The number of hydrogen-bond acceptors (Lipinski definition) is 5. The zero-order chi connectivity index (χ0) is 19.7. The molecule has 0 bridgehead atoms. The SMILES string of the molecule is CC(C)(C)OC(=O)NCc1cccc2c1C(Sc1ccccc1)CS2(=O)=O. The average Bonchev–Trinajstić information content (AvgIpc) is 2.83. The molecule has 5 nitrogen and oxygen atoms in total. The molecule has 27 heavy (non-hydrogen) atoms. The summed E-state index contributed by atoms with van der Waals surface area (Å²) in [5.74, 6) is 0.0609. The summed E-state index contributed by atoms with van der Waals surface area (Å²) >= 11 is 1.53. The first-order valence-corrected chi connectivity index (χ1v) is 11.2. The van der Waals surface area contributed by atoms with Gasteiger partial charge in [0, 0.05) is 11.4 Å². The highest BCUT2D eigenvalue weighted by atomic mass is 32.2. The number of thioether (sulfide) groups is 1. The Morgan fingerprint density at radius 2 is 1.85 bits per heavy atom. The molecule has 1 unspecified atom stereocenters. The highest BCUT2D eigenvalue weighted by Crippen LogP contribution is 2.46. The van der Waals surface area contributed by atoms with Crippen LogP contribution in [0.1, 0.15) is 37.1 Å². The van der Waals surface area contributed by atoms with Gasteiger partial charge in [0.2, 0.25) is 0 Å². The Kier molecular flexibility index (Phi) is 5.53. The Morgan fingerprint density at radius 3 is 2.52 bits per heavy atom. The third kappa shape index (κ3) is 4.84. The number of carbonyl (C=O) groups excluding carboxylic acids is 1. The summed E-state index contributed by atoms with van der Waals surface area (Å²) in [6.07, 6.45) is -0.520. The maximum absolute atomic E-state index is 12.6. The van der Waals surface area contributed by atoms with E-state index in [0.717, 1.165) is 16.0 Å². The number of fused-ring (bicyclic) bond motifs is 1. The molecule has 2 aromatic rings. The summed E-state index contributed by atoms with van der Waals surface area (Å²) < 4.78 is 30.5. The molecule has 7 heteroatoms. The molecule has 144 valence electrons. The van der Waals surface area contributed by atoms with E-state index in [1.807, 2.05) is 36.4 Å². The fourth-order valence-corrected chi connectivity index (χ4v) is 6.55. The lowest BCUT2D eigenvalue weighted by Gasteiger charge is -2.20. The van der Waals surface area contributed by atoms with Crippen LogP contribution in [0.4, 0.5) is 4.79 Å². The van der Waals surface area contributed by atoms with E-state index >= 15 is 0 Å². The summed E-state index contributed by atoms with van der Waals surface area (Å²) in [4.78, 5) is 13.4. The zero-order valence-electron chi connectivity index (χ0n) is 15.6. The van der Waals surface area contributed by atoms with Crippen molar-refractivity contribution in [3.8, 4) is 0 Å². The van der Waals surface area contributed by atoms with E-state index < -0.39 is 21.5 Å². The Bertz CT molecular complexity index is 934. The molecule has 0 aliphatic carbocycles. The minimum Gasteiger partial charge on any atom is -0.444 e. The van der Waals surface area contributed by atoms with E-state index in [1.54, 1.807) is 32.9 Å². The third-order valence-electron chi connectivity index (χ3n) is 4.03. The fourth-order valence-electron chi connectivity index (χ4n) is 2.99. The van der Waals surface area contributed by atoms with E-state index in [9.17, 15) is 13.2 Å². The van der Waals surface area contributed by atoms with Gasteiger partial charge in [-0.1, -0.05) is 30.3 Å². The molecule has 0 spiro atoms. The van der Waals surface area contributed by atoms with Crippen LogP contribution in [0.5, 0.6) is 0 Å². The van der Waals surface area contributed by atoms with Gasteiger partial charge in [-0.15, -0.1) is 11.8 Å². The largest absolute Gasteiger partial charge is 0.444 e. The summed E-state index contributed by atoms with van der Waals surface area (Å²) in [5, 5.41) is 2.53. The number of hydrogen-bond donors (Lipinski definition) is 1. The third-order valence-corrected chi connectivity index (χ3v) is 7.27. The van der Waals surface area contributed by atoms with Gasteiger partial charge in [0.15, 0.2) is 9.84 Å². The van der Waals surface area contributed by atoms with Crippen molar-refractivity contribution in [2.45, 2.75) is 48.0 Å². The summed E-state index contributed by atoms with van der Waals surface area (Å²) in [7, 11) is -3.33. The van der Waals surface area contributed by atoms with Crippen LogP contribution in [-0.2, 0) is 21.1 Å².